The van der Waals surface area contributed by atoms with E-state index in [9.17, 15) is 14.7 Å². The Morgan fingerprint density at radius 2 is 1.93 bits per heavy atom. The van der Waals surface area contributed by atoms with Crippen molar-refractivity contribution in [3.8, 4) is 0 Å². The molecule has 2 N–H and O–H groups in total. The first-order chi connectivity index (χ1) is 13.0. The number of rotatable bonds is 7. The van der Waals surface area contributed by atoms with E-state index in [-0.39, 0.29) is 23.9 Å². The highest BCUT2D eigenvalue weighted by Gasteiger charge is 2.39. The lowest BCUT2D eigenvalue weighted by molar-refractivity contribution is -0.144. The number of amides is 1. The van der Waals surface area contributed by atoms with Gasteiger partial charge in [0.05, 0.1) is 6.61 Å². The third-order valence-corrected chi connectivity index (χ3v) is 9.54. The Morgan fingerprint density at radius 3 is 2.54 bits per heavy atom. The highest BCUT2D eigenvalue weighted by Crippen LogP contribution is 2.36. The van der Waals surface area contributed by atoms with Gasteiger partial charge in [0, 0.05) is 0 Å². The number of benzene rings is 1. The average Bonchev–Trinajstić information content (AvgIpc) is 2.98. The summed E-state index contributed by atoms with van der Waals surface area (Å²) >= 11 is 0. The molecule has 1 aromatic carbocycles. The summed E-state index contributed by atoms with van der Waals surface area (Å²) in [4.78, 5) is 23.9. The minimum atomic E-state index is -2.03. The van der Waals surface area contributed by atoms with Crippen LogP contribution in [0, 0.1) is 0 Å². The molecule has 0 aliphatic carbocycles. The van der Waals surface area contributed by atoms with Crippen LogP contribution < -0.4 is 5.32 Å². The van der Waals surface area contributed by atoms with Crippen LogP contribution in [0.15, 0.2) is 42.1 Å². The number of ether oxygens (including phenoxy) is 2. The van der Waals surface area contributed by atoms with E-state index < -0.39 is 32.6 Å². The van der Waals surface area contributed by atoms with Gasteiger partial charge in [0.15, 0.2) is 14.4 Å². The van der Waals surface area contributed by atoms with E-state index in [0.717, 1.165) is 5.56 Å². The molecule has 8 heteroatoms. The quantitative estimate of drug-likeness (QED) is 0.533. The third-order valence-electron chi connectivity index (χ3n) is 5.04. The van der Waals surface area contributed by atoms with Crippen molar-refractivity contribution in [1.82, 2.24) is 5.32 Å². The van der Waals surface area contributed by atoms with Gasteiger partial charge in [-0.25, -0.2) is 9.59 Å². The van der Waals surface area contributed by atoms with Crippen molar-refractivity contribution in [2.45, 2.75) is 57.7 Å². The summed E-state index contributed by atoms with van der Waals surface area (Å²) in [6.45, 7) is 10.6. The molecule has 0 fully saturated rings. The summed E-state index contributed by atoms with van der Waals surface area (Å²) in [6.07, 6.45) is -1.27. The Morgan fingerprint density at radius 1 is 1.29 bits per heavy atom. The molecule has 2 rings (SSSR count). The molecule has 1 amide bonds. The number of aliphatic hydroxyl groups excluding tert-OH is 1. The van der Waals surface area contributed by atoms with Crippen molar-refractivity contribution in [2.24, 2.45) is 0 Å². The fourth-order valence-electron chi connectivity index (χ4n) is 2.21. The lowest BCUT2D eigenvalue weighted by Crippen LogP contribution is -2.44. The van der Waals surface area contributed by atoms with Gasteiger partial charge < -0.3 is 19.0 Å². The van der Waals surface area contributed by atoms with Crippen LogP contribution in [0.2, 0.25) is 18.1 Å². The number of hydrogen-bond donors (Lipinski definition) is 2. The van der Waals surface area contributed by atoms with Gasteiger partial charge in [0.25, 0.3) is 0 Å². The molecular formula is C20H29NO6Si. The molecular weight excluding hydrogens is 378 g/mol. The number of carbonyl (C=O) groups excluding carboxylic acids is 2. The Labute approximate surface area is 166 Å². The molecule has 0 aromatic heterocycles. The monoisotopic (exact) mass is 407 g/mol. The molecule has 0 saturated heterocycles. The van der Waals surface area contributed by atoms with Gasteiger partial charge in [0.2, 0.25) is 0 Å². The van der Waals surface area contributed by atoms with E-state index in [1.54, 1.807) is 0 Å². The van der Waals surface area contributed by atoms with Crippen LogP contribution in [-0.4, -0.2) is 44.3 Å². The zero-order valence-electron chi connectivity index (χ0n) is 17.0. The lowest BCUT2D eigenvalue weighted by Gasteiger charge is -2.37. The van der Waals surface area contributed by atoms with Gasteiger partial charge in [-0.3, -0.25) is 5.32 Å². The van der Waals surface area contributed by atoms with E-state index in [0.29, 0.717) is 0 Å². The molecule has 28 heavy (non-hydrogen) atoms. The number of esters is 1. The molecule has 0 spiro atoms. The predicted molar refractivity (Wildman–Crippen MR) is 107 cm³/mol. The topological polar surface area (TPSA) is 94.1 Å². The second-order valence-electron chi connectivity index (χ2n) is 8.28. The maximum Gasteiger partial charge on any atom is 0.412 e. The van der Waals surface area contributed by atoms with Gasteiger partial charge in [-0.15, -0.1) is 0 Å². The highest BCUT2D eigenvalue weighted by atomic mass is 28.4. The molecule has 0 bridgehead atoms. The summed E-state index contributed by atoms with van der Waals surface area (Å²) in [6, 6.07) is 9.19. The van der Waals surface area contributed by atoms with Crippen LogP contribution in [-0.2, 0) is 25.3 Å². The Balaban J connectivity index is 1.86. The van der Waals surface area contributed by atoms with Crippen molar-refractivity contribution >= 4 is 20.4 Å². The zero-order chi connectivity index (χ0) is 20.9. The number of hydrogen-bond acceptors (Lipinski definition) is 6. The normalized spacial score (nSPS) is 18.3. The standard InChI is InChI=1S/C20H29NO6Si/c1-20(2,3)28(4,5)26-13-16(22)17-11-15(18(23)27-17)21-19(24)25-12-14-9-7-6-8-10-14/h6-11,16-17,22H,12-13H2,1-5H3,(H,21,24)/t16-,17-/m0/s1. The molecule has 154 valence electrons. The number of aliphatic hydroxyl groups is 1. The smallest absolute Gasteiger partial charge is 0.412 e. The molecule has 1 aliphatic heterocycles. The van der Waals surface area contributed by atoms with Crippen LogP contribution >= 0.6 is 0 Å². The first kappa shape index (κ1) is 22.1. The first-order valence-electron chi connectivity index (χ1n) is 9.22. The Hall–Kier alpha value is -2.16. The first-order valence-corrected chi connectivity index (χ1v) is 12.1. The summed E-state index contributed by atoms with van der Waals surface area (Å²) in [5.74, 6) is -0.715. The van der Waals surface area contributed by atoms with Gasteiger partial charge in [-0.1, -0.05) is 51.1 Å². The molecule has 7 nitrogen and oxygen atoms in total. The van der Waals surface area contributed by atoms with Crippen molar-refractivity contribution in [2.75, 3.05) is 6.61 Å². The third kappa shape index (κ3) is 5.92. The maximum atomic E-state index is 12.0. The van der Waals surface area contributed by atoms with Crippen LogP contribution in [0.1, 0.15) is 26.3 Å². The molecule has 0 unspecified atom stereocenters. The summed E-state index contributed by atoms with van der Waals surface area (Å²) < 4.78 is 16.2. The molecule has 1 aliphatic rings. The number of alkyl carbamates (subject to hydrolysis) is 1. The molecule has 2 atom stereocenters. The lowest BCUT2D eigenvalue weighted by atomic mass is 10.2. The van der Waals surface area contributed by atoms with E-state index in [4.69, 9.17) is 13.9 Å². The van der Waals surface area contributed by atoms with E-state index in [1.165, 1.54) is 6.08 Å². The number of nitrogens with one attached hydrogen (secondary N) is 1. The fourth-order valence-corrected chi connectivity index (χ4v) is 3.23. The summed E-state index contributed by atoms with van der Waals surface area (Å²) in [5, 5.41) is 12.7. The average molecular weight is 408 g/mol. The Kier molecular flexibility index (Phi) is 7.03. The van der Waals surface area contributed by atoms with Gasteiger partial charge >= 0.3 is 12.1 Å². The molecule has 0 radical (unpaired) electrons. The van der Waals surface area contributed by atoms with Crippen LogP contribution in [0.4, 0.5) is 4.79 Å². The van der Waals surface area contributed by atoms with Crippen LogP contribution in [0.25, 0.3) is 0 Å². The van der Waals surface area contributed by atoms with E-state index >= 15 is 0 Å². The second-order valence-corrected chi connectivity index (χ2v) is 13.1. The Bertz CT molecular complexity index is 726. The van der Waals surface area contributed by atoms with Gasteiger partial charge in [0.1, 0.15) is 18.4 Å². The van der Waals surface area contributed by atoms with Crippen LogP contribution in [0.5, 0.6) is 0 Å². The van der Waals surface area contributed by atoms with E-state index in [2.05, 4.69) is 39.2 Å². The number of carbonyl (C=O) groups is 2. The van der Waals surface area contributed by atoms with Crippen molar-refractivity contribution in [3.63, 3.8) is 0 Å². The minimum Gasteiger partial charge on any atom is -0.450 e. The molecule has 0 saturated carbocycles. The summed E-state index contributed by atoms with van der Waals surface area (Å²) in [7, 11) is -2.03. The second kappa shape index (κ2) is 8.89. The minimum absolute atomic E-state index is 0.00411. The molecule has 1 heterocycles. The fraction of sp³-hybridized carbons (Fsp3) is 0.500. The van der Waals surface area contributed by atoms with Crippen molar-refractivity contribution < 1.29 is 28.6 Å². The highest BCUT2D eigenvalue weighted by molar-refractivity contribution is 6.74. The molecule has 1 aromatic rings. The zero-order valence-corrected chi connectivity index (χ0v) is 18.0. The predicted octanol–water partition coefficient (Wildman–Crippen LogP) is 3.10. The van der Waals surface area contributed by atoms with E-state index in [1.807, 2.05) is 30.3 Å². The number of cyclic esters (lactones) is 1. The van der Waals surface area contributed by atoms with Crippen molar-refractivity contribution in [3.05, 3.63) is 47.7 Å². The SMILES string of the molecule is CC(C)(C)[Si](C)(C)OC[C@H](O)[C@@H]1C=C(NC(=O)OCc2ccccc2)C(=O)O1. The summed E-state index contributed by atoms with van der Waals surface area (Å²) in [5.41, 5.74) is 0.783. The van der Waals surface area contributed by atoms with Crippen molar-refractivity contribution in [1.29, 1.82) is 0 Å². The van der Waals surface area contributed by atoms with Crippen LogP contribution in [0.3, 0.4) is 0 Å². The maximum absolute atomic E-state index is 12.0. The van der Waals surface area contributed by atoms with Gasteiger partial charge in [-0.2, -0.15) is 0 Å². The van der Waals surface area contributed by atoms with Gasteiger partial charge in [-0.05, 0) is 29.8 Å². The largest absolute Gasteiger partial charge is 0.450 e.